The molecule has 1 aromatic rings. The van der Waals surface area contributed by atoms with E-state index < -0.39 is 17.3 Å². The van der Waals surface area contributed by atoms with Gasteiger partial charge in [0.25, 0.3) is 0 Å². The highest BCUT2D eigenvalue weighted by Gasteiger charge is 2.34. The minimum Gasteiger partial charge on any atom is -0.464 e. The molecule has 0 aliphatic carbocycles. The molecule has 7 heteroatoms. The van der Waals surface area contributed by atoms with Crippen LogP contribution in [0.2, 0.25) is 0 Å². The summed E-state index contributed by atoms with van der Waals surface area (Å²) in [5, 5.41) is 4.95. The van der Waals surface area contributed by atoms with Gasteiger partial charge in [-0.1, -0.05) is 6.07 Å². The fraction of sp³-hybridized carbons (Fsp3) is 0.471. The number of carbonyl (C=O) groups is 3. The molecule has 0 aromatic heterocycles. The standard InChI is InChI=1S/C17H22N2O4S/c1-4-23-17(22)13-9-24-14(16(21)19-13)8-15(20)18-12-6-10(2)5-11(3)7-12/h5-7,13-14H,4,8-9H2,1-3H3,(H,18,20)(H,19,21). The van der Waals surface area contributed by atoms with E-state index in [4.69, 9.17) is 4.74 Å². The van der Waals surface area contributed by atoms with Crippen molar-refractivity contribution < 1.29 is 19.1 Å². The Morgan fingerprint density at radius 2 is 1.96 bits per heavy atom. The van der Waals surface area contributed by atoms with Crippen LogP contribution in [0.1, 0.15) is 24.5 Å². The number of ether oxygens (including phenoxy) is 1. The molecule has 1 aliphatic heterocycles. The lowest BCUT2D eigenvalue weighted by Crippen LogP contribution is -2.51. The predicted octanol–water partition coefficient (Wildman–Crippen LogP) is 1.80. The van der Waals surface area contributed by atoms with Crippen LogP contribution >= 0.6 is 11.8 Å². The van der Waals surface area contributed by atoms with Gasteiger partial charge in [-0.25, -0.2) is 4.79 Å². The summed E-state index contributed by atoms with van der Waals surface area (Å²) in [6.45, 7) is 5.92. The summed E-state index contributed by atoms with van der Waals surface area (Å²) in [7, 11) is 0. The van der Waals surface area contributed by atoms with Gasteiger partial charge in [0.1, 0.15) is 6.04 Å². The molecule has 1 heterocycles. The molecular weight excluding hydrogens is 328 g/mol. The van der Waals surface area contributed by atoms with Gasteiger partial charge in [-0.3, -0.25) is 9.59 Å². The van der Waals surface area contributed by atoms with E-state index in [1.807, 2.05) is 32.0 Å². The number of aryl methyl sites for hydroxylation is 2. The number of hydrogen-bond donors (Lipinski definition) is 2. The molecule has 2 N–H and O–H groups in total. The van der Waals surface area contributed by atoms with Crippen molar-refractivity contribution in [3.8, 4) is 0 Å². The highest BCUT2D eigenvalue weighted by atomic mass is 32.2. The number of carbonyl (C=O) groups excluding carboxylic acids is 3. The first-order valence-corrected chi connectivity index (χ1v) is 8.90. The molecule has 0 saturated carbocycles. The lowest BCUT2D eigenvalue weighted by atomic mass is 10.1. The maximum atomic E-state index is 12.2. The van der Waals surface area contributed by atoms with Gasteiger partial charge in [0.2, 0.25) is 11.8 Å². The van der Waals surface area contributed by atoms with E-state index in [9.17, 15) is 14.4 Å². The first-order chi connectivity index (χ1) is 11.4. The van der Waals surface area contributed by atoms with E-state index in [1.165, 1.54) is 11.8 Å². The van der Waals surface area contributed by atoms with Gasteiger partial charge >= 0.3 is 5.97 Å². The number of nitrogens with one attached hydrogen (secondary N) is 2. The predicted molar refractivity (Wildman–Crippen MR) is 94.0 cm³/mol. The Bertz CT molecular complexity index is 627. The number of thioether (sulfide) groups is 1. The van der Waals surface area contributed by atoms with Crippen LogP contribution in [-0.4, -0.2) is 41.4 Å². The first-order valence-electron chi connectivity index (χ1n) is 7.85. The second-order valence-electron chi connectivity index (χ2n) is 5.76. The second kappa shape index (κ2) is 8.19. The van der Waals surface area contributed by atoms with E-state index in [0.29, 0.717) is 5.75 Å². The number of anilines is 1. The third-order valence-corrected chi connectivity index (χ3v) is 4.83. The van der Waals surface area contributed by atoms with E-state index in [0.717, 1.165) is 16.8 Å². The molecule has 2 unspecified atom stereocenters. The van der Waals surface area contributed by atoms with E-state index in [1.54, 1.807) is 6.92 Å². The molecular formula is C17H22N2O4S. The van der Waals surface area contributed by atoms with Crippen molar-refractivity contribution in [2.45, 2.75) is 38.5 Å². The molecule has 130 valence electrons. The summed E-state index contributed by atoms with van der Waals surface area (Å²) in [5.41, 5.74) is 2.85. The number of esters is 1. The second-order valence-corrected chi connectivity index (χ2v) is 7.00. The first kappa shape index (κ1) is 18.3. The van der Waals surface area contributed by atoms with Gasteiger partial charge in [0, 0.05) is 17.9 Å². The summed E-state index contributed by atoms with van der Waals surface area (Å²) in [6, 6.07) is 5.16. The summed E-state index contributed by atoms with van der Waals surface area (Å²) in [6.07, 6.45) is 0.0685. The molecule has 0 spiro atoms. The maximum absolute atomic E-state index is 12.2. The molecule has 0 bridgehead atoms. The van der Waals surface area contributed by atoms with Crippen LogP contribution in [0.4, 0.5) is 5.69 Å². The average molecular weight is 350 g/mol. The number of hydrogen-bond acceptors (Lipinski definition) is 5. The summed E-state index contributed by atoms with van der Waals surface area (Å²) >= 11 is 1.31. The lowest BCUT2D eigenvalue weighted by molar-refractivity contribution is -0.146. The maximum Gasteiger partial charge on any atom is 0.329 e. The minimum atomic E-state index is -0.638. The average Bonchev–Trinajstić information content (AvgIpc) is 2.48. The molecule has 1 saturated heterocycles. The van der Waals surface area contributed by atoms with Crippen molar-refractivity contribution in [3.63, 3.8) is 0 Å². The van der Waals surface area contributed by atoms with Gasteiger partial charge in [-0.15, -0.1) is 11.8 Å². The monoisotopic (exact) mass is 350 g/mol. The van der Waals surface area contributed by atoms with Crippen LogP contribution in [-0.2, 0) is 19.1 Å². The van der Waals surface area contributed by atoms with Crippen molar-refractivity contribution in [1.29, 1.82) is 0 Å². The molecule has 2 rings (SSSR count). The topological polar surface area (TPSA) is 84.5 Å². The van der Waals surface area contributed by atoms with Gasteiger partial charge in [-0.2, -0.15) is 0 Å². The molecule has 1 fully saturated rings. The summed E-state index contributed by atoms with van der Waals surface area (Å²) in [5.74, 6) is -0.551. The van der Waals surface area contributed by atoms with Crippen LogP contribution in [0, 0.1) is 13.8 Å². The Labute approximate surface area is 145 Å². The zero-order chi connectivity index (χ0) is 17.7. The lowest BCUT2D eigenvalue weighted by Gasteiger charge is -2.27. The van der Waals surface area contributed by atoms with Crippen molar-refractivity contribution in [2.75, 3.05) is 17.7 Å². The third kappa shape index (κ3) is 4.99. The van der Waals surface area contributed by atoms with Crippen LogP contribution in [0.5, 0.6) is 0 Å². The molecule has 24 heavy (non-hydrogen) atoms. The Kier molecular flexibility index (Phi) is 6.25. The van der Waals surface area contributed by atoms with Crippen molar-refractivity contribution in [1.82, 2.24) is 5.32 Å². The van der Waals surface area contributed by atoms with Gasteiger partial charge in [0.15, 0.2) is 0 Å². The van der Waals surface area contributed by atoms with Gasteiger partial charge in [0.05, 0.1) is 11.9 Å². The van der Waals surface area contributed by atoms with Crippen LogP contribution in [0.15, 0.2) is 18.2 Å². The van der Waals surface area contributed by atoms with Crippen LogP contribution in [0.3, 0.4) is 0 Å². The largest absolute Gasteiger partial charge is 0.464 e. The highest BCUT2D eigenvalue weighted by molar-refractivity contribution is 8.00. The fourth-order valence-electron chi connectivity index (χ4n) is 2.54. The zero-order valence-corrected chi connectivity index (χ0v) is 14.9. The number of amides is 2. The Balaban J connectivity index is 1.88. The molecule has 2 atom stereocenters. The fourth-order valence-corrected chi connectivity index (χ4v) is 3.68. The molecule has 6 nitrogen and oxygen atoms in total. The highest BCUT2D eigenvalue weighted by Crippen LogP contribution is 2.22. The van der Waals surface area contributed by atoms with Gasteiger partial charge < -0.3 is 15.4 Å². The Hall–Kier alpha value is -2.02. The molecule has 1 aliphatic rings. The quantitative estimate of drug-likeness (QED) is 0.791. The van der Waals surface area contributed by atoms with Gasteiger partial charge in [-0.05, 0) is 44.0 Å². The van der Waals surface area contributed by atoms with Crippen LogP contribution < -0.4 is 10.6 Å². The van der Waals surface area contributed by atoms with E-state index in [-0.39, 0.29) is 24.8 Å². The van der Waals surface area contributed by atoms with Crippen molar-refractivity contribution >= 4 is 35.2 Å². The smallest absolute Gasteiger partial charge is 0.329 e. The Morgan fingerprint density at radius 1 is 1.29 bits per heavy atom. The van der Waals surface area contributed by atoms with E-state index >= 15 is 0 Å². The number of rotatable bonds is 5. The number of benzene rings is 1. The molecule has 0 radical (unpaired) electrons. The van der Waals surface area contributed by atoms with E-state index in [2.05, 4.69) is 10.6 Å². The molecule has 1 aromatic carbocycles. The SMILES string of the molecule is CCOC(=O)C1CSC(CC(=O)Nc2cc(C)cc(C)c2)C(=O)N1. The Morgan fingerprint density at radius 3 is 2.54 bits per heavy atom. The van der Waals surface area contributed by atoms with Crippen LogP contribution in [0.25, 0.3) is 0 Å². The summed E-state index contributed by atoms with van der Waals surface area (Å²) in [4.78, 5) is 35.9. The molecule has 2 amide bonds. The zero-order valence-electron chi connectivity index (χ0n) is 14.0. The summed E-state index contributed by atoms with van der Waals surface area (Å²) < 4.78 is 4.90. The third-order valence-electron chi connectivity index (χ3n) is 3.52. The van der Waals surface area contributed by atoms with Crippen molar-refractivity contribution in [2.24, 2.45) is 0 Å². The minimum absolute atomic E-state index is 0.0685. The van der Waals surface area contributed by atoms with Crippen molar-refractivity contribution in [3.05, 3.63) is 29.3 Å². The normalized spacial score (nSPS) is 20.2.